The minimum atomic E-state index is 0.614. The smallest absolute Gasteiger partial charge is 0.0243 e. The van der Waals surface area contributed by atoms with E-state index < -0.39 is 0 Å². The summed E-state index contributed by atoms with van der Waals surface area (Å²) in [6.45, 7) is 10.3. The highest BCUT2D eigenvalue weighted by molar-refractivity contribution is 4.81. The van der Waals surface area contributed by atoms with Crippen LogP contribution in [0.25, 0.3) is 0 Å². The highest BCUT2D eigenvalue weighted by Crippen LogP contribution is 2.21. The van der Waals surface area contributed by atoms with Gasteiger partial charge in [-0.15, -0.1) is 0 Å². The molecule has 0 aromatic rings. The summed E-state index contributed by atoms with van der Waals surface area (Å²) in [6, 6.07) is 0.614. The lowest BCUT2D eigenvalue weighted by atomic mass is 9.92. The second-order valence-electron chi connectivity index (χ2n) is 4.93. The van der Waals surface area contributed by atoms with Crippen LogP contribution < -0.4 is 5.73 Å². The summed E-state index contributed by atoms with van der Waals surface area (Å²) in [4.78, 5) is 2.61. The lowest BCUT2D eigenvalue weighted by molar-refractivity contribution is 0.0992. The minimum absolute atomic E-state index is 0.614. The summed E-state index contributed by atoms with van der Waals surface area (Å²) in [7, 11) is 0. The Bertz CT molecular complexity index is 158. The van der Waals surface area contributed by atoms with Crippen LogP contribution in [0.3, 0.4) is 0 Å². The lowest BCUT2D eigenvalue weighted by Gasteiger charge is -2.39. The van der Waals surface area contributed by atoms with Gasteiger partial charge in [0.2, 0.25) is 0 Å². The Morgan fingerprint density at radius 2 is 2.21 bits per heavy atom. The average molecular weight is 198 g/mol. The van der Waals surface area contributed by atoms with E-state index in [9.17, 15) is 0 Å². The van der Waals surface area contributed by atoms with Crippen molar-refractivity contribution in [1.82, 2.24) is 4.90 Å². The molecule has 0 bridgehead atoms. The zero-order valence-electron chi connectivity index (χ0n) is 10.00. The van der Waals surface area contributed by atoms with Gasteiger partial charge < -0.3 is 5.73 Å². The van der Waals surface area contributed by atoms with Crippen LogP contribution in [0, 0.1) is 11.8 Å². The van der Waals surface area contributed by atoms with Crippen LogP contribution in [0.4, 0.5) is 0 Å². The number of piperidine rings is 1. The summed E-state index contributed by atoms with van der Waals surface area (Å²) >= 11 is 0. The second-order valence-corrected chi connectivity index (χ2v) is 4.93. The zero-order valence-corrected chi connectivity index (χ0v) is 10.00. The third kappa shape index (κ3) is 2.96. The van der Waals surface area contributed by atoms with Crippen molar-refractivity contribution < 1.29 is 0 Å². The third-order valence-electron chi connectivity index (χ3n) is 3.70. The molecule has 0 aliphatic carbocycles. The van der Waals surface area contributed by atoms with E-state index in [0.717, 1.165) is 18.4 Å². The van der Waals surface area contributed by atoms with Crippen molar-refractivity contribution in [3.05, 3.63) is 0 Å². The number of likely N-dealkylation sites (tertiary alicyclic amines) is 1. The van der Waals surface area contributed by atoms with Gasteiger partial charge in [-0.3, -0.25) is 4.90 Å². The van der Waals surface area contributed by atoms with E-state index in [1.807, 2.05) is 0 Å². The van der Waals surface area contributed by atoms with Crippen LogP contribution in [0.1, 0.15) is 40.0 Å². The van der Waals surface area contributed by atoms with Crippen molar-refractivity contribution in [3.8, 4) is 0 Å². The quantitative estimate of drug-likeness (QED) is 0.749. The van der Waals surface area contributed by atoms with Gasteiger partial charge in [0.05, 0.1) is 0 Å². The first-order valence-electron chi connectivity index (χ1n) is 6.13. The molecular formula is C12H26N2. The summed E-state index contributed by atoms with van der Waals surface area (Å²) in [5.41, 5.74) is 5.88. The van der Waals surface area contributed by atoms with Gasteiger partial charge in [-0.2, -0.15) is 0 Å². The highest BCUT2D eigenvalue weighted by atomic mass is 15.2. The predicted octanol–water partition coefficient (Wildman–Crippen LogP) is 2.09. The van der Waals surface area contributed by atoms with Gasteiger partial charge in [-0.25, -0.2) is 0 Å². The summed E-state index contributed by atoms with van der Waals surface area (Å²) in [5.74, 6) is 1.60. The van der Waals surface area contributed by atoms with Crippen LogP contribution in [-0.4, -0.2) is 30.6 Å². The largest absolute Gasteiger partial charge is 0.329 e. The Balaban J connectivity index is 2.50. The monoisotopic (exact) mass is 198 g/mol. The van der Waals surface area contributed by atoms with Crippen molar-refractivity contribution in [2.75, 3.05) is 19.6 Å². The fraction of sp³-hybridized carbons (Fsp3) is 1.00. The first-order chi connectivity index (χ1) is 6.69. The van der Waals surface area contributed by atoms with Crippen LogP contribution in [0.5, 0.6) is 0 Å². The zero-order chi connectivity index (χ0) is 10.6. The molecule has 1 saturated heterocycles. The van der Waals surface area contributed by atoms with Crippen molar-refractivity contribution >= 4 is 0 Å². The fourth-order valence-electron chi connectivity index (χ4n) is 2.54. The van der Waals surface area contributed by atoms with E-state index in [4.69, 9.17) is 5.73 Å². The molecule has 3 atom stereocenters. The van der Waals surface area contributed by atoms with Gasteiger partial charge in [0.15, 0.2) is 0 Å². The molecule has 2 N–H and O–H groups in total. The Morgan fingerprint density at radius 1 is 1.50 bits per heavy atom. The van der Waals surface area contributed by atoms with Gasteiger partial charge in [-0.1, -0.05) is 27.2 Å². The molecule has 1 fully saturated rings. The van der Waals surface area contributed by atoms with E-state index >= 15 is 0 Å². The van der Waals surface area contributed by atoms with Crippen molar-refractivity contribution in [2.24, 2.45) is 17.6 Å². The Kier molecular flexibility index (Phi) is 4.90. The molecule has 0 saturated carbocycles. The maximum Gasteiger partial charge on any atom is 0.0243 e. The molecule has 1 aliphatic rings. The van der Waals surface area contributed by atoms with Gasteiger partial charge in [0.25, 0.3) is 0 Å². The summed E-state index contributed by atoms with van der Waals surface area (Å²) in [5, 5.41) is 0. The number of hydrogen-bond acceptors (Lipinski definition) is 2. The Hall–Kier alpha value is -0.0800. The molecule has 1 rings (SSSR count). The topological polar surface area (TPSA) is 29.3 Å². The Labute approximate surface area is 88.8 Å². The maximum atomic E-state index is 5.88. The van der Waals surface area contributed by atoms with Crippen LogP contribution >= 0.6 is 0 Å². The molecule has 3 unspecified atom stereocenters. The van der Waals surface area contributed by atoms with Crippen molar-refractivity contribution in [3.63, 3.8) is 0 Å². The van der Waals surface area contributed by atoms with Gasteiger partial charge in [-0.05, 0) is 31.2 Å². The first-order valence-corrected chi connectivity index (χ1v) is 6.13. The first kappa shape index (κ1) is 12.0. The fourth-order valence-corrected chi connectivity index (χ4v) is 2.54. The number of nitrogens with zero attached hydrogens (tertiary/aromatic N) is 1. The summed E-state index contributed by atoms with van der Waals surface area (Å²) in [6.07, 6.45) is 4.00. The van der Waals surface area contributed by atoms with E-state index in [1.54, 1.807) is 0 Å². The number of rotatable bonds is 4. The lowest BCUT2D eigenvalue weighted by Crippen LogP contribution is -2.48. The molecule has 0 amide bonds. The Morgan fingerprint density at radius 3 is 2.71 bits per heavy atom. The molecule has 84 valence electrons. The molecule has 0 aromatic carbocycles. The molecule has 1 heterocycles. The molecule has 14 heavy (non-hydrogen) atoms. The highest BCUT2D eigenvalue weighted by Gasteiger charge is 2.25. The minimum Gasteiger partial charge on any atom is -0.329 e. The normalized spacial score (nSPS) is 28.7. The van der Waals surface area contributed by atoms with E-state index in [-0.39, 0.29) is 0 Å². The SMILES string of the molecule is CCC(C)C(CN)N1CCCC(C)C1. The third-order valence-corrected chi connectivity index (χ3v) is 3.70. The van der Waals surface area contributed by atoms with Crippen LogP contribution in [0.15, 0.2) is 0 Å². The standard InChI is InChI=1S/C12H26N2/c1-4-11(3)12(8-13)14-7-5-6-10(2)9-14/h10-12H,4-9,13H2,1-3H3. The molecule has 2 nitrogen and oxygen atoms in total. The number of nitrogens with two attached hydrogens (primary N) is 1. The predicted molar refractivity (Wildman–Crippen MR) is 62.3 cm³/mol. The van der Waals surface area contributed by atoms with Crippen molar-refractivity contribution in [2.45, 2.75) is 46.1 Å². The van der Waals surface area contributed by atoms with E-state index in [1.165, 1.54) is 32.4 Å². The molecular weight excluding hydrogens is 172 g/mol. The second kappa shape index (κ2) is 5.72. The molecule has 1 aliphatic heterocycles. The molecule has 0 radical (unpaired) electrons. The average Bonchev–Trinajstić information content (AvgIpc) is 2.19. The van der Waals surface area contributed by atoms with Crippen molar-refractivity contribution in [1.29, 1.82) is 0 Å². The van der Waals surface area contributed by atoms with Gasteiger partial charge >= 0.3 is 0 Å². The maximum absolute atomic E-state index is 5.88. The van der Waals surface area contributed by atoms with Gasteiger partial charge in [0.1, 0.15) is 0 Å². The van der Waals surface area contributed by atoms with E-state index in [2.05, 4.69) is 25.7 Å². The summed E-state index contributed by atoms with van der Waals surface area (Å²) < 4.78 is 0. The molecule has 0 aromatic heterocycles. The molecule has 2 heteroatoms. The van der Waals surface area contributed by atoms with Crippen LogP contribution in [0.2, 0.25) is 0 Å². The van der Waals surface area contributed by atoms with Gasteiger partial charge in [0, 0.05) is 19.1 Å². The number of hydrogen-bond donors (Lipinski definition) is 1. The van der Waals surface area contributed by atoms with E-state index in [0.29, 0.717) is 6.04 Å². The molecule has 0 spiro atoms. The van der Waals surface area contributed by atoms with Crippen LogP contribution in [-0.2, 0) is 0 Å².